The fourth-order valence-corrected chi connectivity index (χ4v) is 2.26. The van der Waals surface area contributed by atoms with Crippen LogP contribution < -0.4 is 16.4 Å². The quantitative estimate of drug-likeness (QED) is 0.775. The Bertz CT molecular complexity index is 795. The van der Waals surface area contributed by atoms with Crippen molar-refractivity contribution in [3.63, 3.8) is 0 Å². The Morgan fingerprint density at radius 1 is 1.21 bits per heavy atom. The van der Waals surface area contributed by atoms with E-state index >= 15 is 0 Å². The summed E-state index contributed by atoms with van der Waals surface area (Å²) in [5, 5.41) is 6.37. The number of nitrogens with zero attached hydrogens (tertiary/aromatic N) is 4. The van der Waals surface area contributed by atoms with E-state index in [4.69, 9.17) is 5.73 Å². The van der Waals surface area contributed by atoms with E-state index in [0.717, 1.165) is 23.6 Å². The molecule has 0 saturated heterocycles. The molecule has 4 N–H and O–H groups in total. The number of anilines is 2. The Morgan fingerprint density at radius 2 is 2.12 bits per heavy atom. The molecule has 1 atom stereocenters. The number of aromatic nitrogens is 4. The fourth-order valence-electron chi connectivity index (χ4n) is 2.26. The van der Waals surface area contributed by atoms with Gasteiger partial charge in [-0.3, -0.25) is 0 Å². The summed E-state index contributed by atoms with van der Waals surface area (Å²) in [6.07, 6.45) is 12.8. The van der Waals surface area contributed by atoms with Gasteiger partial charge in [-0.15, -0.1) is 0 Å². The van der Waals surface area contributed by atoms with Gasteiger partial charge in [0.1, 0.15) is 12.1 Å². The average molecular weight is 321 g/mol. The molecular weight excluding hydrogens is 302 g/mol. The van der Waals surface area contributed by atoms with Gasteiger partial charge in [0.05, 0.1) is 5.56 Å². The smallest absolute Gasteiger partial charge is 0.230 e. The zero-order chi connectivity index (χ0) is 16.8. The standard InChI is InChI=1S/C17H19N7/c1-2-19-15-14(8-5-9-20-15)16-21-11-22-17(24-16)23-13-7-4-3-6-12(18)10-13/h3-12H,2,18H2,1H3,(H,19,20)(H,21,22,23,24). The van der Waals surface area contributed by atoms with Gasteiger partial charge >= 0.3 is 0 Å². The lowest BCUT2D eigenvalue weighted by Crippen LogP contribution is -2.15. The fraction of sp³-hybridized carbons (Fsp3) is 0.176. The second-order valence-electron chi connectivity index (χ2n) is 5.13. The highest BCUT2D eigenvalue weighted by atomic mass is 15.1. The van der Waals surface area contributed by atoms with Crippen LogP contribution in [-0.4, -0.2) is 32.5 Å². The molecule has 1 aliphatic rings. The zero-order valence-corrected chi connectivity index (χ0v) is 13.3. The van der Waals surface area contributed by atoms with E-state index in [1.165, 1.54) is 6.33 Å². The minimum atomic E-state index is -0.150. The average Bonchev–Trinajstić information content (AvgIpc) is 2.80. The minimum Gasteiger partial charge on any atom is -0.370 e. The van der Waals surface area contributed by atoms with Crippen LogP contribution in [0.4, 0.5) is 11.8 Å². The summed E-state index contributed by atoms with van der Waals surface area (Å²) in [5.74, 6) is 1.76. The van der Waals surface area contributed by atoms with E-state index < -0.39 is 0 Å². The molecule has 7 heteroatoms. The molecule has 0 fully saturated rings. The van der Waals surface area contributed by atoms with Crippen LogP contribution in [0, 0.1) is 0 Å². The van der Waals surface area contributed by atoms with Crippen molar-refractivity contribution in [1.29, 1.82) is 0 Å². The molecule has 2 heterocycles. The maximum atomic E-state index is 5.94. The number of rotatable bonds is 5. The van der Waals surface area contributed by atoms with Crippen molar-refractivity contribution in [2.24, 2.45) is 5.73 Å². The van der Waals surface area contributed by atoms with E-state index in [0.29, 0.717) is 11.8 Å². The second-order valence-corrected chi connectivity index (χ2v) is 5.13. The Hall–Kier alpha value is -3.06. The van der Waals surface area contributed by atoms with Gasteiger partial charge in [0.2, 0.25) is 5.95 Å². The molecule has 122 valence electrons. The number of allylic oxidation sites excluding steroid dienone is 3. The first kappa shape index (κ1) is 15.8. The largest absolute Gasteiger partial charge is 0.370 e. The predicted octanol–water partition coefficient (Wildman–Crippen LogP) is 2.11. The summed E-state index contributed by atoms with van der Waals surface area (Å²) in [6.45, 7) is 2.78. The normalized spacial score (nSPS) is 16.4. The molecule has 2 aromatic heterocycles. The van der Waals surface area contributed by atoms with Crippen LogP contribution in [0.2, 0.25) is 0 Å². The molecule has 2 aromatic rings. The summed E-state index contributed by atoms with van der Waals surface area (Å²) >= 11 is 0. The van der Waals surface area contributed by atoms with Gasteiger partial charge in [0, 0.05) is 24.5 Å². The first-order valence-electron chi connectivity index (χ1n) is 7.74. The van der Waals surface area contributed by atoms with E-state index in [-0.39, 0.29) is 6.04 Å². The van der Waals surface area contributed by atoms with E-state index in [2.05, 4.69) is 30.6 Å². The van der Waals surface area contributed by atoms with Gasteiger partial charge in [0.15, 0.2) is 5.82 Å². The topological polar surface area (TPSA) is 102 Å². The monoisotopic (exact) mass is 321 g/mol. The number of nitrogens with two attached hydrogens (primary N) is 1. The van der Waals surface area contributed by atoms with Gasteiger partial charge in [-0.05, 0) is 31.2 Å². The first-order chi connectivity index (χ1) is 11.8. The number of hydrogen-bond donors (Lipinski definition) is 3. The molecule has 0 amide bonds. The van der Waals surface area contributed by atoms with Crippen molar-refractivity contribution in [2.45, 2.75) is 13.0 Å². The van der Waals surface area contributed by atoms with E-state index in [1.54, 1.807) is 6.20 Å². The van der Waals surface area contributed by atoms with Crippen LogP contribution in [0.1, 0.15) is 6.92 Å². The summed E-state index contributed by atoms with van der Waals surface area (Å²) in [5.41, 5.74) is 7.60. The Balaban J connectivity index is 1.88. The van der Waals surface area contributed by atoms with Crippen molar-refractivity contribution < 1.29 is 0 Å². The molecule has 3 rings (SSSR count). The Kier molecular flexibility index (Phi) is 4.93. The highest BCUT2D eigenvalue weighted by molar-refractivity contribution is 5.70. The van der Waals surface area contributed by atoms with Crippen LogP contribution in [-0.2, 0) is 0 Å². The first-order valence-corrected chi connectivity index (χ1v) is 7.74. The predicted molar refractivity (Wildman–Crippen MR) is 95.2 cm³/mol. The summed E-state index contributed by atoms with van der Waals surface area (Å²) < 4.78 is 0. The van der Waals surface area contributed by atoms with Crippen LogP contribution in [0.15, 0.2) is 60.7 Å². The lowest BCUT2D eigenvalue weighted by atomic mass is 10.2. The molecule has 1 unspecified atom stereocenters. The van der Waals surface area contributed by atoms with Gasteiger partial charge < -0.3 is 16.4 Å². The molecular formula is C17H19N7. The van der Waals surface area contributed by atoms with Crippen molar-refractivity contribution in [3.8, 4) is 11.4 Å². The molecule has 0 radical (unpaired) electrons. The van der Waals surface area contributed by atoms with Gasteiger partial charge in [0.25, 0.3) is 0 Å². The van der Waals surface area contributed by atoms with Crippen molar-refractivity contribution in [1.82, 2.24) is 19.9 Å². The molecule has 0 saturated carbocycles. The van der Waals surface area contributed by atoms with Gasteiger partial charge in [-0.1, -0.05) is 18.2 Å². The summed E-state index contributed by atoms with van der Waals surface area (Å²) in [6, 6.07) is 3.63. The molecule has 1 aliphatic carbocycles. The molecule has 0 bridgehead atoms. The number of pyridine rings is 1. The SMILES string of the molecule is CCNc1ncccc1-c1ncnc(NC2=CC(N)C=CC=C2)n1. The van der Waals surface area contributed by atoms with E-state index in [9.17, 15) is 0 Å². The zero-order valence-electron chi connectivity index (χ0n) is 13.3. The van der Waals surface area contributed by atoms with Gasteiger partial charge in [-0.2, -0.15) is 4.98 Å². The van der Waals surface area contributed by atoms with Crippen molar-refractivity contribution in [2.75, 3.05) is 17.2 Å². The van der Waals surface area contributed by atoms with Crippen molar-refractivity contribution >= 4 is 11.8 Å². The molecule has 7 nitrogen and oxygen atoms in total. The number of hydrogen-bond acceptors (Lipinski definition) is 7. The highest BCUT2D eigenvalue weighted by Crippen LogP contribution is 2.22. The maximum Gasteiger partial charge on any atom is 0.230 e. The third kappa shape index (κ3) is 3.82. The lowest BCUT2D eigenvalue weighted by Gasteiger charge is -2.10. The van der Waals surface area contributed by atoms with Crippen LogP contribution in [0.25, 0.3) is 11.4 Å². The molecule has 0 aromatic carbocycles. The lowest BCUT2D eigenvalue weighted by molar-refractivity contribution is 1.01. The maximum absolute atomic E-state index is 5.94. The van der Waals surface area contributed by atoms with Gasteiger partial charge in [-0.25, -0.2) is 15.0 Å². The highest BCUT2D eigenvalue weighted by Gasteiger charge is 2.10. The van der Waals surface area contributed by atoms with Crippen LogP contribution >= 0.6 is 0 Å². The Morgan fingerprint density at radius 3 is 3.00 bits per heavy atom. The number of nitrogens with one attached hydrogen (secondary N) is 2. The van der Waals surface area contributed by atoms with E-state index in [1.807, 2.05) is 49.4 Å². The third-order valence-corrected chi connectivity index (χ3v) is 3.31. The summed E-state index contributed by atoms with van der Waals surface area (Å²) in [4.78, 5) is 17.3. The van der Waals surface area contributed by atoms with Crippen molar-refractivity contribution in [3.05, 3.63) is 60.7 Å². The molecule has 0 aliphatic heterocycles. The third-order valence-electron chi connectivity index (χ3n) is 3.31. The second kappa shape index (κ2) is 7.47. The van der Waals surface area contributed by atoms with Crippen LogP contribution in [0.5, 0.6) is 0 Å². The molecule has 24 heavy (non-hydrogen) atoms. The summed E-state index contributed by atoms with van der Waals surface area (Å²) in [7, 11) is 0. The minimum absolute atomic E-state index is 0.150. The Labute approximate surface area is 140 Å². The van der Waals surface area contributed by atoms with Crippen LogP contribution in [0.3, 0.4) is 0 Å². The molecule has 0 spiro atoms.